The summed E-state index contributed by atoms with van der Waals surface area (Å²) in [7, 11) is 2.20. The first-order chi connectivity index (χ1) is 10.1. The van der Waals surface area contributed by atoms with E-state index in [9.17, 15) is 4.79 Å². The molecule has 2 aliphatic rings. The van der Waals surface area contributed by atoms with E-state index >= 15 is 0 Å². The zero-order valence-corrected chi connectivity index (χ0v) is 13.9. The summed E-state index contributed by atoms with van der Waals surface area (Å²) < 4.78 is 5.22. The summed E-state index contributed by atoms with van der Waals surface area (Å²) in [5.74, 6) is 0.898. The Bertz CT molecular complexity index is 329. The summed E-state index contributed by atoms with van der Waals surface area (Å²) in [6.45, 7) is 11.6. The molecule has 0 aliphatic carbocycles. The van der Waals surface area contributed by atoms with Crippen molar-refractivity contribution in [3.8, 4) is 0 Å². The number of hydrogen-bond acceptors (Lipinski definition) is 4. The highest BCUT2D eigenvalue weighted by Gasteiger charge is 2.27. The van der Waals surface area contributed by atoms with Crippen LogP contribution < -0.4 is 0 Å². The van der Waals surface area contributed by atoms with Crippen molar-refractivity contribution in [2.24, 2.45) is 5.92 Å². The molecule has 0 spiro atoms. The van der Waals surface area contributed by atoms with Crippen LogP contribution >= 0.6 is 0 Å². The van der Waals surface area contributed by atoms with Crippen LogP contribution in [0.1, 0.15) is 26.7 Å². The van der Waals surface area contributed by atoms with Crippen LogP contribution in [0.2, 0.25) is 0 Å². The second-order valence-corrected chi connectivity index (χ2v) is 6.57. The Morgan fingerprint density at radius 2 is 1.90 bits per heavy atom. The molecule has 0 aromatic carbocycles. The Balaban J connectivity index is 1.70. The van der Waals surface area contributed by atoms with Crippen molar-refractivity contribution in [3.05, 3.63) is 0 Å². The molecule has 122 valence electrons. The largest absolute Gasteiger partial charge is 0.372 e. The molecule has 0 aromatic rings. The van der Waals surface area contributed by atoms with Crippen molar-refractivity contribution >= 4 is 5.91 Å². The van der Waals surface area contributed by atoms with Gasteiger partial charge in [-0.05, 0) is 39.7 Å². The summed E-state index contributed by atoms with van der Waals surface area (Å²) in [5, 5.41) is 0. The highest BCUT2D eigenvalue weighted by Crippen LogP contribution is 2.20. The molecule has 5 heteroatoms. The first kappa shape index (κ1) is 16.7. The third-order valence-electron chi connectivity index (χ3n) is 4.86. The van der Waals surface area contributed by atoms with Crippen molar-refractivity contribution in [1.82, 2.24) is 14.7 Å². The zero-order chi connectivity index (χ0) is 15.2. The van der Waals surface area contributed by atoms with Crippen LogP contribution in [0.25, 0.3) is 0 Å². The fourth-order valence-corrected chi connectivity index (χ4v) is 3.43. The minimum absolute atomic E-state index is 0.156. The van der Waals surface area contributed by atoms with E-state index in [4.69, 9.17) is 4.74 Å². The first-order valence-electron chi connectivity index (χ1n) is 8.38. The molecule has 0 N–H and O–H groups in total. The van der Waals surface area contributed by atoms with Gasteiger partial charge in [0.1, 0.15) is 6.61 Å². The van der Waals surface area contributed by atoms with Gasteiger partial charge in [-0.15, -0.1) is 0 Å². The lowest BCUT2D eigenvalue weighted by Gasteiger charge is -2.41. The van der Waals surface area contributed by atoms with Gasteiger partial charge in [-0.2, -0.15) is 0 Å². The van der Waals surface area contributed by atoms with Gasteiger partial charge < -0.3 is 14.5 Å². The zero-order valence-electron chi connectivity index (χ0n) is 13.9. The predicted molar refractivity (Wildman–Crippen MR) is 84.3 cm³/mol. The molecular formula is C16H31N3O2. The average Bonchev–Trinajstić information content (AvgIpc) is 2.48. The minimum Gasteiger partial charge on any atom is -0.372 e. The number of piperazine rings is 1. The molecule has 21 heavy (non-hydrogen) atoms. The molecule has 0 unspecified atom stereocenters. The van der Waals surface area contributed by atoms with Gasteiger partial charge in [-0.1, -0.05) is 0 Å². The summed E-state index contributed by atoms with van der Waals surface area (Å²) in [6.07, 6.45) is 2.27. The van der Waals surface area contributed by atoms with E-state index in [-0.39, 0.29) is 12.5 Å². The lowest BCUT2D eigenvalue weighted by molar-refractivity contribution is -0.137. The standard InChI is InChI=1S/C16H31N3O2/c1-4-21-13-16(20)18-7-5-15(6-8-18)12-19-10-9-17(3)11-14(19)2/h14-15H,4-13H2,1-3H3/t14-/m1/s1. The topological polar surface area (TPSA) is 36.0 Å². The molecule has 0 aromatic heterocycles. The van der Waals surface area contributed by atoms with E-state index in [1.165, 1.54) is 26.2 Å². The van der Waals surface area contributed by atoms with Gasteiger partial charge in [-0.25, -0.2) is 0 Å². The molecule has 2 fully saturated rings. The van der Waals surface area contributed by atoms with Gasteiger partial charge in [0, 0.05) is 51.9 Å². The molecule has 0 radical (unpaired) electrons. The highest BCUT2D eigenvalue weighted by molar-refractivity contribution is 5.77. The number of likely N-dealkylation sites (N-methyl/N-ethyl adjacent to an activating group) is 1. The van der Waals surface area contributed by atoms with Crippen molar-refractivity contribution in [2.45, 2.75) is 32.7 Å². The Morgan fingerprint density at radius 3 is 2.52 bits per heavy atom. The van der Waals surface area contributed by atoms with Crippen LogP contribution in [0.3, 0.4) is 0 Å². The second kappa shape index (κ2) is 8.11. The highest BCUT2D eigenvalue weighted by atomic mass is 16.5. The lowest BCUT2D eigenvalue weighted by Crippen LogP contribution is -2.52. The maximum Gasteiger partial charge on any atom is 0.248 e. The molecule has 2 heterocycles. The molecular weight excluding hydrogens is 266 g/mol. The average molecular weight is 297 g/mol. The summed E-state index contributed by atoms with van der Waals surface area (Å²) in [5.41, 5.74) is 0. The Kier molecular flexibility index (Phi) is 6.45. The molecule has 2 rings (SSSR count). The Labute approximate surface area is 129 Å². The van der Waals surface area contributed by atoms with Crippen molar-refractivity contribution in [3.63, 3.8) is 0 Å². The summed E-state index contributed by atoms with van der Waals surface area (Å²) >= 11 is 0. The van der Waals surface area contributed by atoms with Gasteiger partial charge in [0.05, 0.1) is 0 Å². The number of likely N-dealkylation sites (tertiary alicyclic amines) is 1. The third kappa shape index (κ3) is 4.94. The Morgan fingerprint density at radius 1 is 1.19 bits per heavy atom. The van der Waals surface area contributed by atoms with Crippen LogP contribution in [-0.2, 0) is 9.53 Å². The number of rotatable bonds is 5. The van der Waals surface area contributed by atoms with Gasteiger partial charge in [-0.3, -0.25) is 9.69 Å². The molecule has 0 saturated carbocycles. The summed E-state index contributed by atoms with van der Waals surface area (Å²) in [4.78, 5) is 18.9. The fraction of sp³-hybridized carbons (Fsp3) is 0.938. The number of carbonyl (C=O) groups is 1. The smallest absolute Gasteiger partial charge is 0.248 e. The lowest BCUT2D eigenvalue weighted by atomic mass is 9.95. The van der Waals surface area contributed by atoms with Gasteiger partial charge >= 0.3 is 0 Å². The number of ether oxygens (including phenoxy) is 1. The maximum absolute atomic E-state index is 11.9. The number of carbonyl (C=O) groups excluding carboxylic acids is 1. The molecule has 0 bridgehead atoms. The van der Waals surface area contributed by atoms with Crippen molar-refractivity contribution in [2.75, 3.05) is 59.5 Å². The SMILES string of the molecule is CCOCC(=O)N1CCC(CN2CCN(C)C[C@H]2C)CC1. The molecule has 5 nitrogen and oxygen atoms in total. The van der Waals surface area contributed by atoms with Gasteiger partial charge in [0.2, 0.25) is 5.91 Å². The second-order valence-electron chi connectivity index (χ2n) is 6.57. The van der Waals surface area contributed by atoms with E-state index in [1.54, 1.807) is 0 Å². The number of hydrogen-bond donors (Lipinski definition) is 0. The van der Waals surface area contributed by atoms with Crippen molar-refractivity contribution < 1.29 is 9.53 Å². The predicted octanol–water partition coefficient (Wildman–Crippen LogP) is 0.897. The van der Waals surface area contributed by atoms with E-state index in [0.717, 1.165) is 31.8 Å². The van der Waals surface area contributed by atoms with Crippen LogP contribution in [0.5, 0.6) is 0 Å². The van der Waals surface area contributed by atoms with E-state index in [1.807, 2.05) is 11.8 Å². The minimum atomic E-state index is 0.156. The number of piperidine rings is 1. The monoisotopic (exact) mass is 297 g/mol. The fourth-order valence-electron chi connectivity index (χ4n) is 3.43. The van der Waals surface area contributed by atoms with E-state index in [2.05, 4.69) is 23.8 Å². The van der Waals surface area contributed by atoms with E-state index < -0.39 is 0 Å². The quantitative estimate of drug-likeness (QED) is 0.755. The first-order valence-corrected chi connectivity index (χ1v) is 8.38. The Hall–Kier alpha value is -0.650. The molecule has 1 atom stereocenters. The van der Waals surface area contributed by atoms with Crippen LogP contribution in [0, 0.1) is 5.92 Å². The molecule has 2 saturated heterocycles. The van der Waals surface area contributed by atoms with Gasteiger partial charge in [0.25, 0.3) is 0 Å². The number of nitrogens with zero attached hydrogens (tertiary/aromatic N) is 3. The van der Waals surface area contributed by atoms with Crippen LogP contribution in [0.4, 0.5) is 0 Å². The molecule has 2 aliphatic heterocycles. The normalized spacial score (nSPS) is 26.2. The van der Waals surface area contributed by atoms with Crippen LogP contribution in [0.15, 0.2) is 0 Å². The third-order valence-corrected chi connectivity index (χ3v) is 4.86. The van der Waals surface area contributed by atoms with E-state index in [0.29, 0.717) is 12.6 Å². The van der Waals surface area contributed by atoms with Crippen LogP contribution in [-0.4, -0.2) is 86.2 Å². The maximum atomic E-state index is 11.9. The van der Waals surface area contributed by atoms with Gasteiger partial charge in [0.15, 0.2) is 0 Å². The van der Waals surface area contributed by atoms with Crippen molar-refractivity contribution in [1.29, 1.82) is 0 Å². The molecule has 1 amide bonds. The summed E-state index contributed by atoms with van der Waals surface area (Å²) in [6, 6.07) is 0.654. The number of amides is 1.